The van der Waals surface area contributed by atoms with Crippen molar-refractivity contribution in [1.82, 2.24) is 19.7 Å². The van der Waals surface area contributed by atoms with Gasteiger partial charge in [0, 0.05) is 18.6 Å². The second kappa shape index (κ2) is 7.59. The molecule has 144 valence electrons. The van der Waals surface area contributed by atoms with Crippen molar-refractivity contribution in [2.75, 3.05) is 7.11 Å². The van der Waals surface area contributed by atoms with Gasteiger partial charge in [0.2, 0.25) is 0 Å². The molecule has 0 saturated heterocycles. The molecule has 0 aliphatic rings. The minimum absolute atomic E-state index is 0.168. The Morgan fingerprint density at radius 2 is 2.00 bits per heavy atom. The fourth-order valence-corrected chi connectivity index (χ4v) is 2.26. The molecular formula is C18H14F3N5O2. The topological polar surface area (TPSA) is 82.3 Å². The van der Waals surface area contributed by atoms with Crippen LogP contribution >= 0.6 is 0 Å². The van der Waals surface area contributed by atoms with Crippen LogP contribution in [0.3, 0.4) is 0 Å². The highest BCUT2D eigenvalue weighted by Gasteiger charge is 2.32. The van der Waals surface area contributed by atoms with Crippen molar-refractivity contribution in [3.05, 3.63) is 65.4 Å². The van der Waals surface area contributed by atoms with Crippen molar-refractivity contribution in [2.45, 2.75) is 13.1 Å². The number of aliphatic imine (C=N–C) groups is 1. The van der Waals surface area contributed by atoms with Gasteiger partial charge < -0.3 is 4.74 Å². The van der Waals surface area contributed by atoms with Gasteiger partial charge >= 0.3 is 12.1 Å². The van der Waals surface area contributed by atoms with Gasteiger partial charge in [0.15, 0.2) is 5.82 Å². The molecule has 0 atom stereocenters. The first kappa shape index (κ1) is 19.2. The Kier molecular flexibility index (Phi) is 5.21. The Balaban J connectivity index is 1.92. The predicted octanol–water partition coefficient (Wildman–Crippen LogP) is 3.53. The van der Waals surface area contributed by atoms with Crippen molar-refractivity contribution in [3.8, 4) is 5.69 Å². The normalized spacial score (nSPS) is 11.8. The summed E-state index contributed by atoms with van der Waals surface area (Å²) in [6.07, 6.45) is 1.38. The summed E-state index contributed by atoms with van der Waals surface area (Å²) >= 11 is 0. The van der Waals surface area contributed by atoms with E-state index in [2.05, 4.69) is 24.8 Å². The van der Waals surface area contributed by atoms with Crippen LogP contribution in [0.2, 0.25) is 0 Å². The van der Waals surface area contributed by atoms with Crippen molar-refractivity contribution in [3.63, 3.8) is 0 Å². The zero-order valence-corrected chi connectivity index (χ0v) is 14.8. The van der Waals surface area contributed by atoms with Crippen molar-refractivity contribution >= 4 is 18.0 Å². The minimum Gasteiger partial charge on any atom is -0.465 e. The van der Waals surface area contributed by atoms with Gasteiger partial charge in [0.1, 0.15) is 5.69 Å². The summed E-state index contributed by atoms with van der Waals surface area (Å²) in [5, 5.41) is 3.77. The first-order chi connectivity index (χ1) is 13.3. The number of carbonyl (C=O) groups is 1. The number of nitrogens with zero attached hydrogens (tertiary/aromatic N) is 5. The maximum Gasteiger partial charge on any atom is 0.419 e. The molecule has 0 radical (unpaired) electrons. The molecule has 0 saturated carbocycles. The summed E-state index contributed by atoms with van der Waals surface area (Å²) < 4.78 is 44.2. The van der Waals surface area contributed by atoms with Crippen LogP contribution in [0.5, 0.6) is 0 Å². The molecule has 3 aromatic heterocycles. The van der Waals surface area contributed by atoms with Gasteiger partial charge in [-0.2, -0.15) is 18.3 Å². The summed E-state index contributed by atoms with van der Waals surface area (Å²) in [7, 11) is 1.27. The van der Waals surface area contributed by atoms with Crippen LogP contribution in [-0.2, 0) is 10.9 Å². The second-order valence-electron chi connectivity index (χ2n) is 5.75. The molecule has 28 heavy (non-hydrogen) atoms. The summed E-state index contributed by atoms with van der Waals surface area (Å²) in [6.45, 7) is 1.76. The van der Waals surface area contributed by atoms with E-state index < -0.39 is 17.7 Å². The smallest absolute Gasteiger partial charge is 0.419 e. The van der Waals surface area contributed by atoms with Crippen LogP contribution in [0.15, 0.2) is 48.0 Å². The Labute approximate surface area is 157 Å². The highest BCUT2D eigenvalue weighted by Crippen LogP contribution is 2.30. The lowest BCUT2D eigenvalue weighted by Gasteiger charge is -2.06. The highest BCUT2D eigenvalue weighted by molar-refractivity contribution is 5.89. The fourth-order valence-electron chi connectivity index (χ4n) is 2.26. The lowest BCUT2D eigenvalue weighted by Crippen LogP contribution is -2.03. The number of rotatable bonds is 4. The first-order valence-electron chi connectivity index (χ1n) is 7.95. The molecule has 0 amide bonds. The third-order valence-electron chi connectivity index (χ3n) is 3.67. The van der Waals surface area contributed by atoms with Gasteiger partial charge in [-0.3, -0.25) is 4.98 Å². The number of alkyl halides is 3. The van der Waals surface area contributed by atoms with E-state index in [-0.39, 0.29) is 17.1 Å². The van der Waals surface area contributed by atoms with Crippen molar-refractivity contribution in [1.29, 1.82) is 0 Å². The van der Waals surface area contributed by atoms with Gasteiger partial charge in [-0.25, -0.2) is 19.5 Å². The minimum atomic E-state index is -4.50. The lowest BCUT2D eigenvalue weighted by molar-refractivity contribution is -0.137. The molecule has 0 aliphatic carbocycles. The number of halogens is 3. The number of ether oxygens (including phenoxy) is 1. The van der Waals surface area contributed by atoms with Crippen LogP contribution < -0.4 is 0 Å². The van der Waals surface area contributed by atoms with Crippen molar-refractivity contribution < 1.29 is 22.7 Å². The zero-order chi connectivity index (χ0) is 20.3. The lowest BCUT2D eigenvalue weighted by atomic mass is 10.2. The molecule has 3 rings (SSSR count). The van der Waals surface area contributed by atoms with Gasteiger partial charge in [-0.15, -0.1) is 0 Å². The van der Waals surface area contributed by atoms with Crippen LogP contribution in [-0.4, -0.2) is 39.0 Å². The standard InChI is InChI=1S/C18H14F3N5O2/c1-11-5-15(26-10-13(8-25-26)18(19,20)21)16(23-6-11)24-9-14-4-3-12(7-22-14)17(27)28-2/h3-10H,1-2H3. The van der Waals surface area contributed by atoms with Gasteiger partial charge in [-0.05, 0) is 30.7 Å². The maximum atomic E-state index is 12.8. The average molecular weight is 389 g/mol. The number of aryl methyl sites for hydroxylation is 1. The molecular weight excluding hydrogens is 375 g/mol. The number of hydrogen-bond donors (Lipinski definition) is 0. The van der Waals surface area contributed by atoms with Crippen molar-refractivity contribution in [2.24, 2.45) is 4.99 Å². The van der Waals surface area contributed by atoms with Gasteiger partial charge in [0.25, 0.3) is 0 Å². The number of hydrogen-bond acceptors (Lipinski definition) is 6. The van der Waals surface area contributed by atoms with Gasteiger partial charge in [0.05, 0.1) is 36.3 Å². The quantitative estimate of drug-likeness (QED) is 0.504. The summed E-state index contributed by atoms with van der Waals surface area (Å²) in [5.41, 5.74) is 0.864. The van der Waals surface area contributed by atoms with E-state index in [4.69, 9.17) is 0 Å². The Morgan fingerprint density at radius 1 is 1.21 bits per heavy atom. The number of carbonyl (C=O) groups excluding carboxylic acids is 1. The third-order valence-corrected chi connectivity index (χ3v) is 3.67. The molecule has 0 N–H and O–H groups in total. The second-order valence-corrected chi connectivity index (χ2v) is 5.75. The average Bonchev–Trinajstić information content (AvgIpc) is 3.17. The molecule has 7 nitrogen and oxygen atoms in total. The number of pyridine rings is 2. The first-order valence-corrected chi connectivity index (χ1v) is 7.95. The van der Waals surface area contributed by atoms with E-state index in [0.29, 0.717) is 5.69 Å². The van der Waals surface area contributed by atoms with Crippen LogP contribution in [0.4, 0.5) is 19.0 Å². The SMILES string of the molecule is COC(=O)c1ccc(C=Nc2ncc(C)cc2-n2cc(C(F)(F)F)cn2)nc1. The van der Waals surface area contributed by atoms with E-state index >= 15 is 0 Å². The number of methoxy groups -OCH3 is 1. The monoisotopic (exact) mass is 389 g/mol. The molecule has 0 bridgehead atoms. The predicted molar refractivity (Wildman–Crippen MR) is 93.9 cm³/mol. The van der Waals surface area contributed by atoms with Crippen LogP contribution in [0.1, 0.15) is 27.2 Å². The molecule has 3 aromatic rings. The summed E-state index contributed by atoms with van der Waals surface area (Å²) in [5.74, 6) is -0.348. The maximum absolute atomic E-state index is 12.8. The number of esters is 1. The molecule has 0 spiro atoms. The molecule has 0 aromatic carbocycles. The molecule has 10 heteroatoms. The summed E-state index contributed by atoms with van der Waals surface area (Å²) in [4.78, 5) is 23.8. The van der Waals surface area contributed by atoms with E-state index in [9.17, 15) is 18.0 Å². The Morgan fingerprint density at radius 3 is 2.61 bits per heavy atom. The van der Waals surface area contributed by atoms with Gasteiger partial charge in [-0.1, -0.05) is 0 Å². The third kappa shape index (κ3) is 4.22. The zero-order valence-electron chi connectivity index (χ0n) is 14.8. The van der Waals surface area contributed by atoms with E-state index in [1.54, 1.807) is 19.1 Å². The van der Waals surface area contributed by atoms with E-state index in [1.807, 2.05) is 0 Å². The largest absolute Gasteiger partial charge is 0.465 e. The Hall–Kier alpha value is -3.56. The highest BCUT2D eigenvalue weighted by atomic mass is 19.4. The summed E-state index contributed by atoms with van der Waals surface area (Å²) in [6, 6.07) is 4.70. The van der Waals surface area contributed by atoms with Crippen LogP contribution in [0.25, 0.3) is 5.69 Å². The van der Waals surface area contributed by atoms with E-state index in [1.165, 1.54) is 31.8 Å². The molecule has 0 fully saturated rings. The fraction of sp³-hybridized carbons (Fsp3) is 0.167. The Bertz CT molecular complexity index is 1030. The number of aromatic nitrogens is 4. The molecule has 3 heterocycles. The van der Waals surface area contributed by atoms with E-state index in [0.717, 1.165) is 22.6 Å². The van der Waals surface area contributed by atoms with Crippen LogP contribution in [0, 0.1) is 6.92 Å². The molecule has 0 aliphatic heterocycles. The molecule has 0 unspecified atom stereocenters.